The Labute approximate surface area is 114 Å². The first-order chi connectivity index (χ1) is 9.29. The molecule has 0 aromatic heterocycles. The van der Waals surface area contributed by atoms with Crippen LogP contribution in [0.25, 0.3) is 0 Å². The predicted molar refractivity (Wildman–Crippen MR) is 69.9 cm³/mol. The molecule has 1 atom stereocenters. The molecule has 0 spiro atoms. The van der Waals surface area contributed by atoms with E-state index < -0.39 is 18.0 Å². The molecule has 20 heavy (non-hydrogen) atoms. The van der Waals surface area contributed by atoms with Crippen molar-refractivity contribution in [3.63, 3.8) is 0 Å². The van der Waals surface area contributed by atoms with Crippen LogP contribution in [0.5, 0.6) is 0 Å². The maximum absolute atomic E-state index is 12.7. The van der Waals surface area contributed by atoms with Crippen LogP contribution in [0.4, 0.5) is 24.5 Å². The molecule has 1 unspecified atom stereocenters. The Kier molecular flexibility index (Phi) is 3.78. The number of benzene rings is 1. The molecule has 2 rings (SSSR count). The molecule has 110 valence electrons. The second kappa shape index (κ2) is 5.22. The maximum atomic E-state index is 12.7. The molecule has 1 aliphatic rings. The third-order valence-corrected chi connectivity index (χ3v) is 3.48. The van der Waals surface area contributed by atoms with Crippen molar-refractivity contribution in [2.75, 3.05) is 24.6 Å². The molecule has 1 aliphatic heterocycles. The number of carbonyl (C=O) groups excluding carboxylic acids is 1. The maximum Gasteiger partial charge on any atom is 0.393 e. The van der Waals surface area contributed by atoms with Crippen LogP contribution in [0, 0.1) is 5.92 Å². The molecule has 1 heterocycles. The Morgan fingerprint density at radius 1 is 1.30 bits per heavy atom. The number of carbonyl (C=O) groups is 1. The minimum Gasteiger partial charge on any atom is -0.399 e. The predicted octanol–water partition coefficient (Wildman–Crippen LogP) is 2.27. The Bertz CT molecular complexity index is 516. The van der Waals surface area contributed by atoms with E-state index in [0.29, 0.717) is 18.7 Å². The molecule has 0 saturated carbocycles. The van der Waals surface area contributed by atoms with Crippen molar-refractivity contribution in [1.29, 1.82) is 0 Å². The number of anilines is 2. The fourth-order valence-corrected chi connectivity index (χ4v) is 2.38. The highest BCUT2D eigenvalue weighted by Crippen LogP contribution is 2.33. The number of rotatable bonds is 1. The molecule has 1 aromatic carbocycles. The standard InChI is InChI=1S/C13H16F3N3O/c14-13(15,16)8-2-1-5-19(7-8)12(20)10-4-3-9(17)6-11(10)18/h3-4,6,8H,1-2,5,7,17-18H2. The number of nitrogens with zero attached hydrogens (tertiary/aromatic N) is 1. The van der Waals surface area contributed by atoms with Crippen molar-refractivity contribution >= 4 is 17.3 Å². The van der Waals surface area contributed by atoms with Gasteiger partial charge in [0.05, 0.1) is 11.5 Å². The molecule has 7 heteroatoms. The van der Waals surface area contributed by atoms with E-state index >= 15 is 0 Å². The van der Waals surface area contributed by atoms with Crippen LogP contribution in [-0.2, 0) is 0 Å². The smallest absolute Gasteiger partial charge is 0.393 e. The van der Waals surface area contributed by atoms with Gasteiger partial charge >= 0.3 is 6.18 Å². The van der Waals surface area contributed by atoms with Crippen LogP contribution in [0.15, 0.2) is 18.2 Å². The summed E-state index contributed by atoms with van der Waals surface area (Å²) in [4.78, 5) is 13.5. The van der Waals surface area contributed by atoms with Crippen LogP contribution in [0.1, 0.15) is 23.2 Å². The average molecular weight is 287 g/mol. The Morgan fingerprint density at radius 2 is 2.00 bits per heavy atom. The van der Waals surface area contributed by atoms with E-state index in [2.05, 4.69) is 0 Å². The van der Waals surface area contributed by atoms with Gasteiger partial charge in [-0.25, -0.2) is 0 Å². The highest BCUT2D eigenvalue weighted by molar-refractivity contribution is 5.99. The van der Waals surface area contributed by atoms with Gasteiger partial charge in [0.15, 0.2) is 0 Å². The minimum absolute atomic E-state index is 0.0600. The van der Waals surface area contributed by atoms with Crippen molar-refractivity contribution in [3.05, 3.63) is 23.8 Å². The number of halogens is 3. The van der Waals surface area contributed by atoms with Gasteiger partial charge in [0, 0.05) is 24.5 Å². The third-order valence-electron chi connectivity index (χ3n) is 3.48. The van der Waals surface area contributed by atoms with E-state index in [4.69, 9.17) is 11.5 Å². The van der Waals surface area contributed by atoms with Gasteiger partial charge in [-0.15, -0.1) is 0 Å². The van der Waals surface area contributed by atoms with Gasteiger partial charge in [0.1, 0.15) is 0 Å². The summed E-state index contributed by atoms with van der Waals surface area (Å²) in [6.45, 7) is 0.00137. The SMILES string of the molecule is Nc1ccc(C(=O)N2CCCC(C(F)(F)F)C2)c(N)c1. The quantitative estimate of drug-likeness (QED) is 0.778. The van der Waals surface area contributed by atoms with E-state index in [1.165, 1.54) is 23.1 Å². The number of likely N-dealkylation sites (tertiary alicyclic amines) is 1. The molecule has 1 fully saturated rings. The summed E-state index contributed by atoms with van der Waals surface area (Å²) in [5, 5.41) is 0. The molecular formula is C13H16F3N3O. The zero-order chi connectivity index (χ0) is 14.9. The molecule has 0 radical (unpaired) electrons. The van der Waals surface area contributed by atoms with Gasteiger partial charge in [-0.3, -0.25) is 4.79 Å². The zero-order valence-electron chi connectivity index (χ0n) is 10.8. The summed E-state index contributed by atoms with van der Waals surface area (Å²) >= 11 is 0. The Hall–Kier alpha value is -1.92. The first kappa shape index (κ1) is 14.5. The molecule has 4 nitrogen and oxygen atoms in total. The van der Waals surface area contributed by atoms with Gasteiger partial charge < -0.3 is 16.4 Å². The van der Waals surface area contributed by atoms with Gasteiger partial charge in [-0.2, -0.15) is 13.2 Å². The van der Waals surface area contributed by atoms with E-state index in [0.717, 1.165) is 0 Å². The normalized spacial score (nSPS) is 19.9. The second-order valence-electron chi connectivity index (χ2n) is 4.98. The van der Waals surface area contributed by atoms with Crippen LogP contribution >= 0.6 is 0 Å². The number of hydrogen-bond acceptors (Lipinski definition) is 3. The van der Waals surface area contributed by atoms with E-state index in [9.17, 15) is 18.0 Å². The lowest BCUT2D eigenvalue weighted by Gasteiger charge is -2.34. The van der Waals surface area contributed by atoms with Gasteiger partial charge in [0.25, 0.3) is 5.91 Å². The summed E-state index contributed by atoms with van der Waals surface area (Å²) in [6.07, 6.45) is -3.87. The van der Waals surface area contributed by atoms with Gasteiger partial charge in [-0.1, -0.05) is 0 Å². The van der Waals surface area contributed by atoms with Crippen molar-refractivity contribution < 1.29 is 18.0 Å². The molecule has 1 aromatic rings. The number of piperidine rings is 1. The number of nitrogen functional groups attached to an aromatic ring is 2. The topological polar surface area (TPSA) is 72.4 Å². The van der Waals surface area contributed by atoms with Crippen LogP contribution in [0.3, 0.4) is 0 Å². The van der Waals surface area contributed by atoms with Gasteiger partial charge in [-0.05, 0) is 31.0 Å². The zero-order valence-corrected chi connectivity index (χ0v) is 10.8. The molecule has 0 bridgehead atoms. The first-order valence-corrected chi connectivity index (χ1v) is 6.30. The molecule has 1 saturated heterocycles. The van der Waals surface area contributed by atoms with E-state index in [1.807, 2.05) is 0 Å². The lowest BCUT2D eigenvalue weighted by atomic mass is 9.96. The van der Waals surface area contributed by atoms with Crippen molar-refractivity contribution in [3.8, 4) is 0 Å². The fourth-order valence-electron chi connectivity index (χ4n) is 2.38. The highest BCUT2D eigenvalue weighted by atomic mass is 19.4. The molecular weight excluding hydrogens is 271 g/mol. The van der Waals surface area contributed by atoms with Crippen molar-refractivity contribution in [2.45, 2.75) is 19.0 Å². The average Bonchev–Trinajstić information content (AvgIpc) is 2.37. The summed E-state index contributed by atoms with van der Waals surface area (Å²) in [7, 11) is 0. The first-order valence-electron chi connectivity index (χ1n) is 6.30. The Morgan fingerprint density at radius 3 is 2.60 bits per heavy atom. The van der Waals surface area contributed by atoms with Crippen molar-refractivity contribution in [2.24, 2.45) is 5.92 Å². The monoisotopic (exact) mass is 287 g/mol. The largest absolute Gasteiger partial charge is 0.399 e. The number of amides is 1. The van der Waals surface area contributed by atoms with Crippen LogP contribution in [-0.4, -0.2) is 30.1 Å². The lowest BCUT2D eigenvalue weighted by molar-refractivity contribution is -0.184. The lowest BCUT2D eigenvalue weighted by Crippen LogP contribution is -2.44. The third kappa shape index (κ3) is 2.97. The number of nitrogens with two attached hydrogens (primary N) is 2. The van der Waals surface area contributed by atoms with E-state index in [1.54, 1.807) is 0 Å². The summed E-state index contributed by atoms with van der Waals surface area (Å²) in [5.74, 6) is -1.94. The summed E-state index contributed by atoms with van der Waals surface area (Å²) in [6, 6.07) is 4.39. The fraction of sp³-hybridized carbons (Fsp3) is 0.462. The highest BCUT2D eigenvalue weighted by Gasteiger charge is 2.42. The molecule has 4 N–H and O–H groups in total. The summed E-state index contributed by atoms with van der Waals surface area (Å²) in [5.41, 5.74) is 12.0. The molecule has 1 amide bonds. The van der Waals surface area contributed by atoms with Gasteiger partial charge in [0.2, 0.25) is 0 Å². The van der Waals surface area contributed by atoms with Crippen molar-refractivity contribution in [1.82, 2.24) is 4.90 Å². The Balaban J connectivity index is 2.16. The number of hydrogen-bond donors (Lipinski definition) is 2. The van der Waals surface area contributed by atoms with Crippen LogP contribution < -0.4 is 11.5 Å². The second-order valence-corrected chi connectivity index (χ2v) is 4.98. The number of alkyl halides is 3. The minimum atomic E-state index is -4.27. The molecule has 0 aliphatic carbocycles. The summed E-state index contributed by atoms with van der Waals surface area (Å²) < 4.78 is 38.2. The van der Waals surface area contributed by atoms with Crippen LogP contribution in [0.2, 0.25) is 0 Å². The van der Waals surface area contributed by atoms with E-state index in [-0.39, 0.29) is 24.2 Å².